The molecular weight excluding hydrogens is 547 g/mol. The van der Waals surface area contributed by atoms with Crippen LogP contribution in [-0.4, -0.2) is 78.5 Å². The van der Waals surface area contributed by atoms with E-state index < -0.39 is 72.7 Å². The number of carbonyl (C=O) groups excluding carboxylic acids is 3. The smallest absolute Gasteiger partial charge is 0.420 e. The second-order valence-electron chi connectivity index (χ2n) is 12.0. The molecule has 0 unspecified atom stereocenters. The Bertz CT molecular complexity index is 976. The Hall–Kier alpha value is -2.86. The van der Waals surface area contributed by atoms with Crippen molar-refractivity contribution < 1.29 is 51.2 Å². The Kier molecular flexibility index (Phi) is 12.0. The maximum atomic E-state index is 13.4. The number of imide groups is 1. The number of carbonyl (C=O) groups is 3. The Labute approximate surface area is 239 Å². The molecule has 0 aromatic heterocycles. The molecule has 2 amide bonds. The molecule has 4 atom stereocenters. The zero-order valence-electron chi connectivity index (χ0n) is 24.8. The summed E-state index contributed by atoms with van der Waals surface area (Å²) in [6.45, 7) is 10.5. The maximum absolute atomic E-state index is 13.4. The van der Waals surface area contributed by atoms with E-state index in [-0.39, 0.29) is 19.6 Å². The van der Waals surface area contributed by atoms with Crippen LogP contribution in [0.4, 0.5) is 22.8 Å². The van der Waals surface area contributed by atoms with Crippen LogP contribution in [0.2, 0.25) is 0 Å². The van der Waals surface area contributed by atoms with Gasteiger partial charge in [0.2, 0.25) is 0 Å². The minimum absolute atomic E-state index is 0.00673. The van der Waals surface area contributed by atoms with Crippen molar-refractivity contribution in [1.82, 2.24) is 4.90 Å². The van der Waals surface area contributed by atoms with Gasteiger partial charge in [0.1, 0.15) is 17.3 Å². The lowest BCUT2D eigenvalue weighted by molar-refractivity contribution is -0.165. The van der Waals surface area contributed by atoms with Crippen molar-refractivity contribution in [1.29, 1.82) is 0 Å². The largest absolute Gasteiger partial charge is 0.458 e. The van der Waals surface area contributed by atoms with E-state index in [1.165, 1.54) is 0 Å². The quantitative estimate of drug-likeness (QED) is 0.215. The first-order valence-electron chi connectivity index (χ1n) is 13.6. The molecule has 1 aromatic rings. The number of cyclic esters (lactones) is 1. The number of alkyl halides is 3. The molecule has 1 heterocycles. The van der Waals surface area contributed by atoms with E-state index in [9.17, 15) is 27.6 Å². The van der Waals surface area contributed by atoms with Crippen LogP contribution in [0.3, 0.4) is 0 Å². The minimum Gasteiger partial charge on any atom is -0.458 e. The van der Waals surface area contributed by atoms with Crippen molar-refractivity contribution in [3.63, 3.8) is 0 Å². The van der Waals surface area contributed by atoms with Gasteiger partial charge >= 0.3 is 24.3 Å². The van der Waals surface area contributed by atoms with E-state index in [2.05, 4.69) is 0 Å². The van der Waals surface area contributed by atoms with Crippen LogP contribution in [-0.2, 0) is 34.9 Å². The SMILES string of the molecule is C[C@@H]1OC(=O)[C@@H](N(C(=O)OC(C)(C)C)C(=O)OC(C)(C)C)COC[C@H](Cc2ccccc2)[C@H]1OCCCC(F)(F)F. The molecule has 232 valence electrons. The summed E-state index contributed by atoms with van der Waals surface area (Å²) in [4.78, 5) is 40.3. The lowest BCUT2D eigenvalue weighted by Gasteiger charge is -2.33. The van der Waals surface area contributed by atoms with Gasteiger partial charge in [0.05, 0.1) is 19.3 Å². The number of benzene rings is 1. The van der Waals surface area contributed by atoms with Gasteiger partial charge in [-0.1, -0.05) is 30.3 Å². The summed E-state index contributed by atoms with van der Waals surface area (Å²) in [6.07, 6.45) is -9.22. The van der Waals surface area contributed by atoms with Gasteiger partial charge in [-0.25, -0.2) is 14.4 Å². The van der Waals surface area contributed by atoms with E-state index in [1.54, 1.807) is 48.5 Å². The number of nitrogens with zero attached hydrogens (tertiary/aromatic N) is 1. The van der Waals surface area contributed by atoms with Gasteiger partial charge in [0.25, 0.3) is 0 Å². The molecule has 0 radical (unpaired) electrons. The number of ether oxygens (including phenoxy) is 5. The molecule has 41 heavy (non-hydrogen) atoms. The fourth-order valence-corrected chi connectivity index (χ4v) is 4.19. The highest BCUT2D eigenvalue weighted by Crippen LogP contribution is 2.26. The van der Waals surface area contributed by atoms with Crippen molar-refractivity contribution >= 4 is 18.2 Å². The predicted octanol–water partition coefficient (Wildman–Crippen LogP) is 6.08. The number of amides is 2. The summed E-state index contributed by atoms with van der Waals surface area (Å²) in [6, 6.07) is 7.78. The van der Waals surface area contributed by atoms with Crippen molar-refractivity contribution in [3.05, 3.63) is 35.9 Å². The second-order valence-corrected chi connectivity index (χ2v) is 12.0. The number of hydrogen-bond acceptors (Lipinski definition) is 8. The summed E-state index contributed by atoms with van der Waals surface area (Å²) < 4.78 is 66.4. The average molecular weight is 590 g/mol. The molecule has 1 saturated heterocycles. The maximum Gasteiger partial charge on any atom is 0.420 e. The van der Waals surface area contributed by atoms with Crippen LogP contribution in [0, 0.1) is 5.92 Å². The van der Waals surface area contributed by atoms with Crippen LogP contribution < -0.4 is 0 Å². The normalized spacial score (nSPS) is 22.5. The molecule has 0 bridgehead atoms. The van der Waals surface area contributed by atoms with Crippen molar-refractivity contribution in [2.75, 3.05) is 19.8 Å². The molecule has 1 aliphatic heterocycles. The van der Waals surface area contributed by atoms with Crippen LogP contribution in [0.5, 0.6) is 0 Å². The van der Waals surface area contributed by atoms with E-state index in [1.807, 2.05) is 30.3 Å². The Morgan fingerprint density at radius 2 is 1.51 bits per heavy atom. The highest BCUT2D eigenvalue weighted by Gasteiger charge is 2.44. The van der Waals surface area contributed by atoms with Gasteiger partial charge in [0.15, 0.2) is 6.04 Å². The molecule has 2 rings (SSSR count). The zero-order valence-corrected chi connectivity index (χ0v) is 24.8. The summed E-state index contributed by atoms with van der Waals surface area (Å²) in [5, 5.41) is 0. The molecule has 1 aromatic carbocycles. The fourth-order valence-electron chi connectivity index (χ4n) is 4.19. The van der Waals surface area contributed by atoms with E-state index >= 15 is 0 Å². The predicted molar refractivity (Wildman–Crippen MR) is 143 cm³/mol. The summed E-state index contributed by atoms with van der Waals surface area (Å²) >= 11 is 0. The summed E-state index contributed by atoms with van der Waals surface area (Å²) in [7, 11) is 0. The van der Waals surface area contributed by atoms with Crippen molar-refractivity contribution in [3.8, 4) is 0 Å². The van der Waals surface area contributed by atoms with Gasteiger partial charge in [-0.15, -0.1) is 0 Å². The fraction of sp³-hybridized carbons (Fsp3) is 0.690. The number of esters is 1. The van der Waals surface area contributed by atoms with Gasteiger partial charge < -0.3 is 23.7 Å². The van der Waals surface area contributed by atoms with Crippen molar-refractivity contribution in [2.24, 2.45) is 5.92 Å². The second kappa shape index (κ2) is 14.4. The third kappa shape index (κ3) is 12.3. The molecule has 0 spiro atoms. The topological polar surface area (TPSA) is 101 Å². The Morgan fingerprint density at radius 1 is 0.951 bits per heavy atom. The molecule has 0 aliphatic carbocycles. The molecule has 9 nitrogen and oxygen atoms in total. The van der Waals surface area contributed by atoms with Gasteiger partial charge in [-0.3, -0.25) is 0 Å². The molecular formula is C29H42F3NO8. The highest BCUT2D eigenvalue weighted by atomic mass is 19.4. The van der Waals surface area contributed by atoms with Gasteiger partial charge in [-0.2, -0.15) is 18.1 Å². The summed E-state index contributed by atoms with van der Waals surface area (Å²) in [5.41, 5.74) is -1.07. The minimum atomic E-state index is -4.33. The Morgan fingerprint density at radius 3 is 2.02 bits per heavy atom. The molecule has 1 aliphatic rings. The van der Waals surface area contributed by atoms with Crippen LogP contribution in [0.1, 0.15) is 66.9 Å². The number of halogens is 3. The lowest BCUT2D eigenvalue weighted by Crippen LogP contribution is -2.54. The van der Waals surface area contributed by atoms with E-state index in [4.69, 9.17) is 23.7 Å². The highest BCUT2D eigenvalue weighted by molar-refractivity contribution is 5.94. The first-order valence-corrected chi connectivity index (χ1v) is 13.6. The lowest BCUT2D eigenvalue weighted by atomic mass is 9.91. The molecule has 1 fully saturated rings. The van der Waals surface area contributed by atoms with Crippen LogP contribution in [0.15, 0.2) is 30.3 Å². The molecule has 0 N–H and O–H groups in total. The molecule has 12 heteroatoms. The monoisotopic (exact) mass is 589 g/mol. The number of rotatable bonds is 7. The van der Waals surface area contributed by atoms with Crippen LogP contribution >= 0.6 is 0 Å². The third-order valence-corrected chi connectivity index (χ3v) is 5.86. The zero-order chi connectivity index (χ0) is 31.0. The van der Waals surface area contributed by atoms with Crippen molar-refractivity contribution in [2.45, 2.75) is 103 Å². The van der Waals surface area contributed by atoms with Crippen LogP contribution in [0.25, 0.3) is 0 Å². The van der Waals surface area contributed by atoms with E-state index in [0.29, 0.717) is 11.3 Å². The standard InChI is InChI=1S/C29H42F3NO8/c1-19-23(38-15-11-14-29(30,31)32)21(16-20-12-9-8-10-13-20)17-37-18-22(24(34)39-19)33(25(35)40-27(2,3)4)26(36)41-28(5,6)7/h8-10,12-13,19,21-23H,11,14-18H2,1-7H3/t19-,21-,22-,23-/m0/s1. The van der Waals surface area contributed by atoms with Gasteiger partial charge in [0, 0.05) is 18.9 Å². The first-order chi connectivity index (χ1) is 18.9. The van der Waals surface area contributed by atoms with E-state index in [0.717, 1.165) is 5.56 Å². The summed E-state index contributed by atoms with van der Waals surface area (Å²) in [5.74, 6) is -1.40. The average Bonchev–Trinajstić information content (AvgIpc) is 2.84. The third-order valence-electron chi connectivity index (χ3n) is 5.86. The molecule has 0 saturated carbocycles. The Balaban J connectivity index is 2.37. The van der Waals surface area contributed by atoms with Gasteiger partial charge in [-0.05, 0) is 66.9 Å². The first kappa shape index (κ1) is 34.3. The number of hydrogen-bond donors (Lipinski definition) is 0.